The smallest absolute Gasteiger partial charge is 0.162 e. The molecule has 4 nitrogen and oxygen atoms in total. The predicted octanol–water partition coefficient (Wildman–Crippen LogP) is 2.59. The van der Waals surface area contributed by atoms with E-state index < -0.39 is 0 Å². The van der Waals surface area contributed by atoms with Crippen LogP contribution in [-0.2, 0) is 0 Å². The van der Waals surface area contributed by atoms with E-state index >= 15 is 0 Å². The molecule has 1 aliphatic heterocycles. The molecule has 0 saturated heterocycles. The van der Waals surface area contributed by atoms with Crippen LogP contribution in [0.2, 0.25) is 0 Å². The Balaban J connectivity index is 2.42. The van der Waals surface area contributed by atoms with E-state index in [-0.39, 0.29) is 0 Å². The van der Waals surface area contributed by atoms with Gasteiger partial charge in [0, 0.05) is 31.8 Å². The maximum Gasteiger partial charge on any atom is 0.162 e. The Morgan fingerprint density at radius 3 is 2.39 bits per heavy atom. The summed E-state index contributed by atoms with van der Waals surface area (Å²) in [5.41, 5.74) is 2.27. The second-order valence-electron chi connectivity index (χ2n) is 5.03. The molecule has 1 heterocycles. The summed E-state index contributed by atoms with van der Waals surface area (Å²) >= 11 is 0. The molecule has 1 aromatic carbocycles. The maximum absolute atomic E-state index is 5.37. The van der Waals surface area contributed by atoms with Crippen LogP contribution in [0.1, 0.15) is 13.8 Å². The van der Waals surface area contributed by atoms with Crippen molar-refractivity contribution in [3.63, 3.8) is 0 Å². The van der Waals surface area contributed by atoms with Crippen LogP contribution in [0.4, 0.5) is 11.4 Å². The van der Waals surface area contributed by atoms with Crippen LogP contribution in [0.5, 0.6) is 11.5 Å². The van der Waals surface area contributed by atoms with Crippen molar-refractivity contribution in [2.45, 2.75) is 19.9 Å². The molecule has 2 rings (SSSR count). The monoisotopic (exact) mass is 250 g/mol. The number of nitrogens with zero attached hydrogens (tertiary/aromatic N) is 1. The third kappa shape index (κ3) is 2.07. The molecule has 0 amide bonds. The summed E-state index contributed by atoms with van der Waals surface area (Å²) in [6.45, 7) is 5.44. The van der Waals surface area contributed by atoms with Gasteiger partial charge in [0.2, 0.25) is 0 Å². The first-order chi connectivity index (χ1) is 8.58. The van der Waals surface area contributed by atoms with Crippen LogP contribution in [0.3, 0.4) is 0 Å². The first kappa shape index (κ1) is 12.9. The third-order valence-corrected chi connectivity index (χ3v) is 3.65. The van der Waals surface area contributed by atoms with E-state index in [1.165, 1.54) is 0 Å². The second-order valence-corrected chi connectivity index (χ2v) is 5.03. The Labute approximate surface area is 109 Å². The molecule has 0 aromatic heterocycles. The number of rotatable bonds is 3. The van der Waals surface area contributed by atoms with Gasteiger partial charge in [0.15, 0.2) is 11.5 Å². The lowest BCUT2D eigenvalue weighted by Gasteiger charge is -2.39. The highest BCUT2D eigenvalue weighted by molar-refractivity contribution is 5.77. The lowest BCUT2D eigenvalue weighted by Crippen LogP contribution is -2.44. The zero-order chi connectivity index (χ0) is 13.3. The SMILES string of the molecule is COc1cc2c(cc1OC)N(C)C(C(C)C)CN2. The number of benzene rings is 1. The molecule has 0 saturated carbocycles. The number of hydrogen-bond donors (Lipinski definition) is 1. The van der Waals surface area contributed by atoms with Gasteiger partial charge in [0.25, 0.3) is 0 Å². The Hall–Kier alpha value is -1.58. The van der Waals surface area contributed by atoms with Gasteiger partial charge in [-0.15, -0.1) is 0 Å². The molecule has 1 aliphatic rings. The van der Waals surface area contributed by atoms with Gasteiger partial charge in [-0.2, -0.15) is 0 Å². The van der Waals surface area contributed by atoms with Gasteiger partial charge in [0.05, 0.1) is 25.6 Å². The molecule has 100 valence electrons. The molecular formula is C14H22N2O2. The van der Waals surface area contributed by atoms with E-state index in [1.54, 1.807) is 14.2 Å². The van der Waals surface area contributed by atoms with Crippen LogP contribution >= 0.6 is 0 Å². The van der Waals surface area contributed by atoms with Gasteiger partial charge in [-0.1, -0.05) is 13.8 Å². The van der Waals surface area contributed by atoms with Gasteiger partial charge >= 0.3 is 0 Å². The molecule has 18 heavy (non-hydrogen) atoms. The number of methoxy groups -OCH3 is 2. The summed E-state index contributed by atoms with van der Waals surface area (Å²) in [5.74, 6) is 2.14. The lowest BCUT2D eigenvalue weighted by atomic mass is 9.99. The zero-order valence-electron chi connectivity index (χ0n) is 11.8. The zero-order valence-corrected chi connectivity index (χ0v) is 11.8. The molecule has 0 fully saturated rings. The van der Waals surface area contributed by atoms with Gasteiger partial charge in [0.1, 0.15) is 0 Å². The van der Waals surface area contributed by atoms with Gasteiger partial charge < -0.3 is 19.7 Å². The van der Waals surface area contributed by atoms with E-state index in [1.807, 2.05) is 12.1 Å². The van der Waals surface area contributed by atoms with Crippen molar-refractivity contribution in [2.75, 3.05) is 38.0 Å². The summed E-state index contributed by atoms with van der Waals surface area (Å²) < 4.78 is 10.7. The second kappa shape index (κ2) is 4.96. The van der Waals surface area contributed by atoms with Crippen molar-refractivity contribution >= 4 is 11.4 Å². The highest BCUT2D eigenvalue weighted by Gasteiger charge is 2.27. The minimum absolute atomic E-state index is 0.496. The van der Waals surface area contributed by atoms with Crippen LogP contribution in [-0.4, -0.2) is 33.9 Å². The Morgan fingerprint density at radius 1 is 1.22 bits per heavy atom. The molecule has 1 unspecified atom stereocenters. The molecule has 0 aliphatic carbocycles. The summed E-state index contributed by atoms with van der Waals surface area (Å²) in [5, 5.41) is 3.47. The lowest BCUT2D eigenvalue weighted by molar-refractivity contribution is 0.354. The fourth-order valence-electron chi connectivity index (χ4n) is 2.51. The quantitative estimate of drug-likeness (QED) is 0.894. The first-order valence-corrected chi connectivity index (χ1v) is 6.31. The first-order valence-electron chi connectivity index (χ1n) is 6.31. The summed E-state index contributed by atoms with van der Waals surface area (Å²) in [6, 6.07) is 4.53. The van der Waals surface area contributed by atoms with Crippen molar-refractivity contribution in [1.82, 2.24) is 0 Å². The number of fused-ring (bicyclic) bond motifs is 1. The van der Waals surface area contributed by atoms with Crippen molar-refractivity contribution in [3.8, 4) is 11.5 Å². The summed E-state index contributed by atoms with van der Waals surface area (Å²) in [4.78, 5) is 2.32. The fraction of sp³-hybridized carbons (Fsp3) is 0.571. The Morgan fingerprint density at radius 2 is 1.83 bits per heavy atom. The average molecular weight is 250 g/mol. The average Bonchev–Trinajstić information content (AvgIpc) is 2.37. The topological polar surface area (TPSA) is 33.7 Å². The Bertz CT molecular complexity index is 432. The van der Waals surface area contributed by atoms with Crippen molar-refractivity contribution in [1.29, 1.82) is 0 Å². The van der Waals surface area contributed by atoms with E-state index in [2.05, 4.69) is 31.1 Å². The molecule has 4 heteroatoms. The van der Waals surface area contributed by atoms with E-state index in [9.17, 15) is 0 Å². The predicted molar refractivity (Wildman–Crippen MR) is 75.1 cm³/mol. The van der Waals surface area contributed by atoms with Crippen molar-refractivity contribution in [3.05, 3.63) is 12.1 Å². The maximum atomic E-state index is 5.37. The van der Waals surface area contributed by atoms with Crippen LogP contribution in [0.25, 0.3) is 0 Å². The molecule has 1 aromatic rings. The Kier molecular flexibility index (Phi) is 3.55. The minimum Gasteiger partial charge on any atom is -0.493 e. The number of ether oxygens (including phenoxy) is 2. The highest BCUT2D eigenvalue weighted by Crippen LogP contribution is 2.41. The van der Waals surface area contributed by atoms with Gasteiger partial charge in [-0.05, 0) is 5.92 Å². The number of nitrogens with one attached hydrogen (secondary N) is 1. The number of likely N-dealkylation sites (N-methyl/N-ethyl adjacent to an activating group) is 1. The number of hydrogen-bond acceptors (Lipinski definition) is 4. The molecule has 1 atom stereocenters. The van der Waals surface area contributed by atoms with E-state index in [4.69, 9.17) is 9.47 Å². The fourth-order valence-corrected chi connectivity index (χ4v) is 2.51. The molecule has 0 bridgehead atoms. The van der Waals surface area contributed by atoms with Gasteiger partial charge in [-0.25, -0.2) is 0 Å². The standard InChI is InChI=1S/C14H22N2O2/c1-9(2)12-8-15-10-6-13(17-4)14(18-5)7-11(10)16(12)3/h6-7,9,12,15H,8H2,1-5H3. The molecule has 0 spiro atoms. The normalized spacial score (nSPS) is 18.3. The summed E-state index contributed by atoms with van der Waals surface area (Å²) in [6.07, 6.45) is 0. The summed E-state index contributed by atoms with van der Waals surface area (Å²) in [7, 11) is 5.46. The largest absolute Gasteiger partial charge is 0.493 e. The van der Waals surface area contributed by atoms with Crippen LogP contribution in [0, 0.1) is 5.92 Å². The van der Waals surface area contributed by atoms with Crippen molar-refractivity contribution < 1.29 is 9.47 Å². The molecular weight excluding hydrogens is 228 g/mol. The van der Waals surface area contributed by atoms with Crippen molar-refractivity contribution in [2.24, 2.45) is 5.92 Å². The van der Waals surface area contributed by atoms with E-state index in [0.29, 0.717) is 12.0 Å². The number of anilines is 2. The third-order valence-electron chi connectivity index (χ3n) is 3.65. The molecule has 1 N–H and O–H groups in total. The van der Waals surface area contributed by atoms with Crippen LogP contribution < -0.4 is 19.7 Å². The highest BCUT2D eigenvalue weighted by atomic mass is 16.5. The minimum atomic E-state index is 0.496. The van der Waals surface area contributed by atoms with Gasteiger partial charge in [-0.3, -0.25) is 0 Å². The molecule has 0 radical (unpaired) electrons. The van der Waals surface area contributed by atoms with E-state index in [0.717, 1.165) is 29.4 Å². The van der Waals surface area contributed by atoms with Crippen LogP contribution in [0.15, 0.2) is 12.1 Å².